The van der Waals surface area contributed by atoms with Crippen LogP contribution in [0.3, 0.4) is 0 Å². The molecule has 0 aliphatic carbocycles. The molecule has 1 aliphatic rings. The van der Waals surface area contributed by atoms with Gasteiger partial charge in [-0.25, -0.2) is 0 Å². The highest BCUT2D eigenvalue weighted by Crippen LogP contribution is 2.31. The van der Waals surface area contributed by atoms with Gasteiger partial charge in [-0.3, -0.25) is 4.79 Å². The number of hydrogen-bond acceptors (Lipinski definition) is 3. The minimum absolute atomic E-state index is 0.0000435. The number of nitrogens with two attached hydrogens (primary N) is 1. The van der Waals surface area contributed by atoms with Crippen molar-refractivity contribution in [1.29, 1.82) is 0 Å². The van der Waals surface area contributed by atoms with Crippen LogP contribution in [0.1, 0.15) is 31.0 Å². The number of carbonyl (C=O) groups excluding carboxylic acids is 1. The first-order chi connectivity index (χ1) is 9.01. The maximum absolute atomic E-state index is 12.6. The molecule has 19 heavy (non-hydrogen) atoms. The van der Waals surface area contributed by atoms with Crippen LogP contribution >= 0.6 is 0 Å². The van der Waals surface area contributed by atoms with Gasteiger partial charge in [0.15, 0.2) is 0 Å². The Bertz CT molecular complexity index is 471. The Morgan fingerprint density at radius 2 is 2.16 bits per heavy atom. The number of nitrogens with zero attached hydrogens (tertiary/aromatic N) is 1. The van der Waals surface area contributed by atoms with Crippen molar-refractivity contribution in [3.63, 3.8) is 0 Å². The summed E-state index contributed by atoms with van der Waals surface area (Å²) in [7, 11) is 1.56. The van der Waals surface area contributed by atoms with E-state index in [2.05, 4.69) is 12.1 Å². The zero-order valence-corrected chi connectivity index (χ0v) is 11.8. The third kappa shape index (κ3) is 2.51. The van der Waals surface area contributed by atoms with E-state index in [1.807, 2.05) is 17.0 Å². The summed E-state index contributed by atoms with van der Waals surface area (Å²) in [4.78, 5) is 14.4. The zero-order chi connectivity index (χ0) is 14.0. The number of methoxy groups -OCH3 is 1. The summed E-state index contributed by atoms with van der Waals surface area (Å²) in [5.74, 6) is -0.0000435. The Morgan fingerprint density at radius 1 is 1.47 bits per heavy atom. The predicted octanol–water partition coefficient (Wildman–Crippen LogP) is 1.50. The third-order valence-electron chi connectivity index (χ3n) is 3.92. The van der Waals surface area contributed by atoms with E-state index in [1.165, 1.54) is 5.56 Å². The highest BCUT2D eigenvalue weighted by atomic mass is 16.5. The molecule has 1 aliphatic heterocycles. The number of ether oxygens (including phenoxy) is 1. The summed E-state index contributed by atoms with van der Waals surface area (Å²) in [6, 6.07) is 8.15. The number of rotatable bonds is 3. The van der Waals surface area contributed by atoms with Crippen LogP contribution < -0.4 is 5.73 Å². The molecule has 0 saturated carbocycles. The minimum Gasteiger partial charge on any atom is -0.369 e. The van der Waals surface area contributed by atoms with E-state index in [0.29, 0.717) is 13.1 Å². The fraction of sp³-hybridized carbons (Fsp3) is 0.533. The van der Waals surface area contributed by atoms with Crippen molar-refractivity contribution in [3.8, 4) is 0 Å². The van der Waals surface area contributed by atoms with Crippen LogP contribution in [0.15, 0.2) is 24.3 Å². The Balaban J connectivity index is 2.32. The molecule has 0 radical (unpaired) electrons. The van der Waals surface area contributed by atoms with Gasteiger partial charge in [0.25, 0.3) is 5.91 Å². The van der Waals surface area contributed by atoms with E-state index in [1.54, 1.807) is 21.0 Å². The average Bonchev–Trinajstić information content (AvgIpc) is 2.45. The molecule has 4 heteroatoms. The average molecular weight is 262 g/mol. The van der Waals surface area contributed by atoms with E-state index < -0.39 is 5.60 Å². The quantitative estimate of drug-likeness (QED) is 0.898. The Labute approximate surface area is 114 Å². The summed E-state index contributed by atoms with van der Waals surface area (Å²) in [5, 5.41) is 0. The van der Waals surface area contributed by atoms with E-state index in [-0.39, 0.29) is 11.9 Å². The summed E-state index contributed by atoms with van der Waals surface area (Å²) in [6.07, 6.45) is 0.873. The summed E-state index contributed by atoms with van der Waals surface area (Å²) in [5.41, 5.74) is 7.54. The van der Waals surface area contributed by atoms with E-state index in [4.69, 9.17) is 10.5 Å². The first-order valence-corrected chi connectivity index (χ1v) is 6.65. The lowest BCUT2D eigenvalue weighted by atomic mass is 9.91. The van der Waals surface area contributed by atoms with Crippen LogP contribution in [0.4, 0.5) is 0 Å². The van der Waals surface area contributed by atoms with Gasteiger partial charge in [0.05, 0.1) is 6.04 Å². The monoisotopic (exact) mass is 262 g/mol. The lowest BCUT2D eigenvalue weighted by Crippen LogP contribution is -2.51. The van der Waals surface area contributed by atoms with Crippen LogP contribution in [0.25, 0.3) is 0 Å². The number of carbonyl (C=O) groups is 1. The van der Waals surface area contributed by atoms with Gasteiger partial charge in [-0.2, -0.15) is 0 Å². The second-order valence-corrected chi connectivity index (χ2v) is 5.41. The van der Waals surface area contributed by atoms with Crippen molar-refractivity contribution in [1.82, 2.24) is 4.90 Å². The number of hydrogen-bond donors (Lipinski definition) is 1. The van der Waals surface area contributed by atoms with Gasteiger partial charge in [-0.05, 0) is 31.4 Å². The fourth-order valence-corrected chi connectivity index (χ4v) is 2.58. The highest BCUT2D eigenvalue weighted by molar-refractivity contribution is 5.85. The second-order valence-electron chi connectivity index (χ2n) is 5.41. The molecule has 104 valence electrons. The summed E-state index contributed by atoms with van der Waals surface area (Å²) in [6.45, 7) is 4.72. The number of fused-ring (bicyclic) bond motifs is 1. The molecule has 1 heterocycles. The SMILES string of the molecule is COC(C)(C)C(=O)N1CCc2ccccc2C1CN. The standard InChI is InChI=1S/C15H22N2O2/c1-15(2,19-3)14(18)17-9-8-11-6-4-5-7-12(11)13(17)10-16/h4-7,13H,8-10,16H2,1-3H3. The molecule has 0 aromatic heterocycles. The highest BCUT2D eigenvalue weighted by Gasteiger charge is 2.37. The Morgan fingerprint density at radius 3 is 2.79 bits per heavy atom. The van der Waals surface area contributed by atoms with Gasteiger partial charge in [-0.15, -0.1) is 0 Å². The van der Waals surface area contributed by atoms with Crippen LogP contribution in [-0.2, 0) is 16.0 Å². The third-order valence-corrected chi connectivity index (χ3v) is 3.92. The lowest BCUT2D eigenvalue weighted by Gasteiger charge is -2.40. The number of benzene rings is 1. The topological polar surface area (TPSA) is 55.6 Å². The fourth-order valence-electron chi connectivity index (χ4n) is 2.58. The van der Waals surface area contributed by atoms with Crippen LogP contribution in [-0.4, -0.2) is 36.6 Å². The van der Waals surface area contributed by atoms with Gasteiger partial charge in [0, 0.05) is 20.2 Å². The van der Waals surface area contributed by atoms with Gasteiger partial charge in [0.1, 0.15) is 5.60 Å². The van der Waals surface area contributed by atoms with Crippen LogP contribution in [0.2, 0.25) is 0 Å². The van der Waals surface area contributed by atoms with E-state index in [9.17, 15) is 4.79 Å². The maximum Gasteiger partial charge on any atom is 0.254 e. The van der Waals surface area contributed by atoms with Crippen molar-refractivity contribution in [2.45, 2.75) is 31.9 Å². The van der Waals surface area contributed by atoms with Crippen molar-refractivity contribution < 1.29 is 9.53 Å². The normalized spacial score (nSPS) is 19.2. The van der Waals surface area contributed by atoms with Gasteiger partial charge < -0.3 is 15.4 Å². The van der Waals surface area contributed by atoms with E-state index in [0.717, 1.165) is 12.0 Å². The molecule has 1 aromatic carbocycles. The molecular weight excluding hydrogens is 240 g/mol. The minimum atomic E-state index is -0.806. The van der Waals surface area contributed by atoms with Crippen LogP contribution in [0, 0.1) is 0 Å². The van der Waals surface area contributed by atoms with Gasteiger partial charge in [0.2, 0.25) is 0 Å². The lowest BCUT2D eigenvalue weighted by molar-refractivity contribution is -0.154. The molecule has 4 nitrogen and oxygen atoms in total. The van der Waals surface area contributed by atoms with Crippen molar-refractivity contribution >= 4 is 5.91 Å². The van der Waals surface area contributed by atoms with Crippen molar-refractivity contribution in [2.24, 2.45) is 5.73 Å². The van der Waals surface area contributed by atoms with E-state index >= 15 is 0 Å². The molecule has 0 fully saturated rings. The van der Waals surface area contributed by atoms with Crippen molar-refractivity contribution in [3.05, 3.63) is 35.4 Å². The molecule has 2 rings (SSSR count). The van der Waals surface area contributed by atoms with Crippen LogP contribution in [0.5, 0.6) is 0 Å². The molecule has 1 amide bonds. The molecular formula is C15H22N2O2. The Hall–Kier alpha value is -1.39. The number of amides is 1. The Kier molecular flexibility index (Phi) is 3.92. The smallest absolute Gasteiger partial charge is 0.254 e. The summed E-state index contributed by atoms with van der Waals surface area (Å²) >= 11 is 0. The molecule has 1 aromatic rings. The maximum atomic E-state index is 12.6. The van der Waals surface area contributed by atoms with Crippen molar-refractivity contribution in [2.75, 3.05) is 20.2 Å². The molecule has 2 N–H and O–H groups in total. The first-order valence-electron chi connectivity index (χ1n) is 6.65. The molecule has 0 saturated heterocycles. The molecule has 0 spiro atoms. The second kappa shape index (κ2) is 5.31. The van der Waals surface area contributed by atoms with Gasteiger partial charge >= 0.3 is 0 Å². The van der Waals surface area contributed by atoms with Gasteiger partial charge in [-0.1, -0.05) is 24.3 Å². The summed E-state index contributed by atoms with van der Waals surface area (Å²) < 4.78 is 5.30. The molecule has 1 atom stereocenters. The molecule has 1 unspecified atom stereocenters. The molecule has 0 bridgehead atoms. The largest absolute Gasteiger partial charge is 0.369 e. The zero-order valence-electron chi connectivity index (χ0n) is 11.8. The first kappa shape index (κ1) is 14.0. The predicted molar refractivity (Wildman–Crippen MR) is 74.7 cm³/mol.